The first kappa shape index (κ1) is 13.5. The highest BCUT2D eigenvalue weighted by molar-refractivity contribution is 5.09. The molecule has 0 amide bonds. The molecule has 1 aliphatic heterocycles. The molecule has 3 nitrogen and oxygen atoms in total. The van der Waals surface area contributed by atoms with E-state index >= 15 is 0 Å². The fraction of sp³-hybridized carbons (Fsp3) is 0.667. The fourth-order valence-electron chi connectivity index (χ4n) is 2.50. The van der Waals surface area contributed by atoms with Gasteiger partial charge in [0.05, 0.1) is 0 Å². The number of hydrogen-bond acceptors (Lipinski definition) is 3. The van der Waals surface area contributed by atoms with Gasteiger partial charge in [-0.1, -0.05) is 13.8 Å². The molecule has 0 N–H and O–H groups in total. The van der Waals surface area contributed by atoms with E-state index in [0.29, 0.717) is 6.04 Å². The van der Waals surface area contributed by atoms with E-state index in [1.807, 2.05) is 12.4 Å². The molecule has 1 fully saturated rings. The Bertz CT molecular complexity index is 342. The lowest BCUT2D eigenvalue weighted by Crippen LogP contribution is -2.50. The molecular formula is C15H25N3. The van der Waals surface area contributed by atoms with Crippen molar-refractivity contribution in [3.63, 3.8) is 0 Å². The van der Waals surface area contributed by atoms with Crippen LogP contribution in [0.2, 0.25) is 0 Å². The van der Waals surface area contributed by atoms with Gasteiger partial charge in [0.2, 0.25) is 0 Å². The van der Waals surface area contributed by atoms with E-state index in [-0.39, 0.29) is 0 Å². The second kappa shape index (κ2) is 6.30. The predicted molar refractivity (Wildman–Crippen MR) is 75.4 cm³/mol. The molecule has 3 heteroatoms. The van der Waals surface area contributed by atoms with Crippen molar-refractivity contribution in [1.29, 1.82) is 0 Å². The molecule has 1 saturated heterocycles. The Labute approximate surface area is 111 Å². The van der Waals surface area contributed by atoms with Crippen LogP contribution in [0.3, 0.4) is 0 Å². The minimum Gasteiger partial charge on any atom is -0.298 e. The van der Waals surface area contributed by atoms with Gasteiger partial charge in [0, 0.05) is 51.2 Å². The van der Waals surface area contributed by atoms with Crippen molar-refractivity contribution in [3.05, 3.63) is 30.1 Å². The lowest BCUT2D eigenvalue weighted by molar-refractivity contribution is 0.0804. The van der Waals surface area contributed by atoms with Gasteiger partial charge in [-0.3, -0.25) is 14.8 Å². The van der Waals surface area contributed by atoms with Crippen LogP contribution in [0.5, 0.6) is 0 Å². The van der Waals surface area contributed by atoms with Gasteiger partial charge in [-0.15, -0.1) is 0 Å². The third-order valence-electron chi connectivity index (χ3n) is 4.10. The summed E-state index contributed by atoms with van der Waals surface area (Å²) in [7, 11) is 0. The normalized spacial score (nSPS) is 20.2. The van der Waals surface area contributed by atoms with E-state index < -0.39 is 0 Å². The van der Waals surface area contributed by atoms with Crippen LogP contribution in [0.1, 0.15) is 26.3 Å². The third-order valence-corrected chi connectivity index (χ3v) is 4.10. The minimum atomic E-state index is 0.702. The monoisotopic (exact) mass is 247 g/mol. The summed E-state index contributed by atoms with van der Waals surface area (Å²) < 4.78 is 0. The second-order valence-electron chi connectivity index (χ2n) is 5.65. The average Bonchev–Trinajstić information content (AvgIpc) is 2.40. The van der Waals surface area contributed by atoms with Crippen LogP contribution in [0, 0.1) is 5.92 Å². The lowest BCUT2D eigenvalue weighted by Gasteiger charge is -2.39. The van der Waals surface area contributed by atoms with Crippen molar-refractivity contribution >= 4 is 0 Å². The van der Waals surface area contributed by atoms with Crippen LogP contribution in [-0.4, -0.2) is 47.0 Å². The van der Waals surface area contributed by atoms with E-state index in [0.717, 1.165) is 12.5 Å². The second-order valence-corrected chi connectivity index (χ2v) is 5.65. The summed E-state index contributed by atoms with van der Waals surface area (Å²) in [5.41, 5.74) is 1.37. The molecule has 1 aromatic rings. The van der Waals surface area contributed by atoms with Crippen LogP contribution in [0.25, 0.3) is 0 Å². The maximum atomic E-state index is 4.07. The maximum absolute atomic E-state index is 4.07. The van der Waals surface area contributed by atoms with Crippen molar-refractivity contribution in [2.75, 3.05) is 26.2 Å². The summed E-state index contributed by atoms with van der Waals surface area (Å²) in [6.07, 6.45) is 3.76. The largest absolute Gasteiger partial charge is 0.298 e. The van der Waals surface area contributed by atoms with Crippen molar-refractivity contribution < 1.29 is 0 Å². The van der Waals surface area contributed by atoms with Crippen LogP contribution < -0.4 is 0 Å². The summed E-state index contributed by atoms with van der Waals surface area (Å²) in [6, 6.07) is 4.93. The molecule has 0 aliphatic carbocycles. The molecular weight excluding hydrogens is 222 g/mol. The first-order valence-electron chi connectivity index (χ1n) is 7.02. The van der Waals surface area contributed by atoms with E-state index in [1.165, 1.54) is 31.7 Å². The topological polar surface area (TPSA) is 19.4 Å². The molecule has 1 atom stereocenters. The molecule has 0 bridgehead atoms. The molecule has 2 rings (SSSR count). The Balaban J connectivity index is 1.80. The average molecular weight is 247 g/mol. The number of aromatic nitrogens is 1. The zero-order valence-corrected chi connectivity index (χ0v) is 11.8. The molecule has 100 valence electrons. The quantitative estimate of drug-likeness (QED) is 0.813. The molecule has 18 heavy (non-hydrogen) atoms. The van der Waals surface area contributed by atoms with E-state index in [2.05, 4.69) is 47.7 Å². The van der Waals surface area contributed by atoms with Gasteiger partial charge in [-0.25, -0.2) is 0 Å². The smallest absolute Gasteiger partial charge is 0.0271 e. The van der Waals surface area contributed by atoms with E-state index in [9.17, 15) is 0 Å². The van der Waals surface area contributed by atoms with Crippen molar-refractivity contribution in [1.82, 2.24) is 14.8 Å². The predicted octanol–water partition coefficient (Wildman–Crippen LogP) is 2.24. The van der Waals surface area contributed by atoms with Gasteiger partial charge in [0.25, 0.3) is 0 Å². The first-order chi connectivity index (χ1) is 8.66. The van der Waals surface area contributed by atoms with Crippen LogP contribution in [0.4, 0.5) is 0 Å². The maximum Gasteiger partial charge on any atom is 0.0271 e. The molecule has 0 radical (unpaired) electrons. The standard InChI is InChI=1S/C15H25N3/c1-13(2)14(3)18-10-8-17(9-11-18)12-15-4-6-16-7-5-15/h4-7,13-14H,8-12H2,1-3H3. The third kappa shape index (κ3) is 3.53. The minimum absolute atomic E-state index is 0.702. The van der Waals surface area contributed by atoms with Crippen molar-refractivity contribution in [3.8, 4) is 0 Å². The number of pyridine rings is 1. The number of hydrogen-bond donors (Lipinski definition) is 0. The molecule has 0 spiro atoms. The summed E-state index contributed by atoms with van der Waals surface area (Å²) in [4.78, 5) is 9.23. The molecule has 0 aromatic carbocycles. The van der Waals surface area contributed by atoms with Gasteiger partial charge in [-0.2, -0.15) is 0 Å². The summed E-state index contributed by atoms with van der Waals surface area (Å²) in [5.74, 6) is 0.747. The van der Waals surface area contributed by atoms with Gasteiger partial charge >= 0.3 is 0 Å². The van der Waals surface area contributed by atoms with Gasteiger partial charge in [-0.05, 0) is 30.5 Å². The van der Waals surface area contributed by atoms with Crippen molar-refractivity contribution in [2.45, 2.75) is 33.4 Å². The molecule has 0 saturated carbocycles. The van der Waals surface area contributed by atoms with E-state index in [4.69, 9.17) is 0 Å². The summed E-state index contributed by atoms with van der Waals surface area (Å²) in [5, 5.41) is 0. The fourth-order valence-corrected chi connectivity index (χ4v) is 2.50. The summed E-state index contributed by atoms with van der Waals surface area (Å²) in [6.45, 7) is 12.8. The number of piperazine rings is 1. The number of rotatable bonds is 4. The molecule has 1 aliphatic rings. The molecule has 1 aromatic heterocycles. The first-order valence-corrected chi connectivity index (χ1v) is 7.02. The Morgan fingerprint density at radius 2 is 1.67 bits per heavy atom. The molecule has 2 heterocycles. The molecule has 1 unspecified atom stereocenters. The van der Waals surface area contributed by atoms with E-state index in [1.54, 1.807) is 0 Å². The van der Waals surface area contributed by atoms with Crippen LogP contribution >= 0.6 is 0 Å². The Morgan fingerprint density at radius 1 is 1.06 bits per heavy atom. The highest BCUT2D eigenvalue weighted by Crippen LogP contribution is 2.14. The SMILES string of the molecule is CC(C)C(C)N1CCN(Cc2ccncc2)CC1. The lowest BCUT2D eigenvalue weighted by atomic mass is 10.0. The van der Waals surface area contributed by atoms with Crippen LogP contribution in [0.15, 0.2) is 24.5 Å². The Kier molecular flexibility index (Phi) is 4.72. The Hall–Kier alpha value is -0.930. The summed E-state index contributed by atoms with van der Waals surface area (Å²) >= 11 is 0. The highest BCUT2D eigenvalue weighted by Gasteiger charge is 2.22. The van der Waals surface area contributed by atoms with Gasteiger partial charge in [0.15, 0.2) is 0 Å². The number of nitrogens with zero attached hydrogens (tertiary/aromatic N) is 3. The van der Waals surface area contributed by atoms with Gasteiger partial charge < -0.3 is 0 Å². The van der Waals surface area contributed by atoms with Crippen LogP contribution in [-0.2, 0) is 6.54 Å². The Morgan fingerprint density at radius 3 is 2.22 bits per heavy atom. The zero-order chi connectivity index (χ0) is 13.0. The highest BCUT2D eigenvalue weighted by atomic mass is 15.3. The zero-order valence-electron chi connectivity index (χ0n) is 11.8. The van der Waals surface area contributed by atoms with Crippen molar-refractivity contribution in [2.24, 2.45) is 5.92 Å². The van der Waals surface area contributed by atoms with Gasteiger partial charge in [0.1, 0.15) is 0 Å².